The smallest absolute Gasteiger partial charge is 0.0599 e. The van der Waals surface area contributed by atoms with E-state index in [0.717, 1.165) is 18.8 Å². The summed E-state index contributed by atoms with van der Waals surface area (Å²) in [6.45, 7) is 6.78. The lowest BCUT2D eigenvalue weighted by Gasteiger charge is -2.49. The Hall–Kier alpha value is -0.300. The van der Waals surface area contributed by atoms with Crippen molar-refractivity contribution in [3.8, 4) is 0 Å². The molecule has 0 aromatic heterocycles. The molecule has 1 N–H and O–H groups in total. The molecule has 0 unspecified atom stereocenters. The van der Waals surface area contributed by atoms with Crippen LogP contribution in [-0.2, 0) is 0 Å². The van der Waals surface area contributed by atoms with E-state index in [1.165, 1.54) is 24.8 Å². The van der Waals surface area contributed by atoms with Crippen molar-refractivity contribution in [2.45, 2.75) is 59.0 Å². The second kappa shape index (κ2) is 3.37. The third-order valence-corrected chi connectivity index (χ3v) is 4.65. The first-order valence-electron chi connectivity index (χ1n) is 5.87. The molecule has 0 heterocycles. The first-order chi connectivity index (χ1) is 6.54. The summed E-state index contributed by atoms with van der Waals surface area (Å²) in [5.41, 5.74) is 3.27. The van der Waals surface area contributed by atoms with Crippen molar-refractivity contribution in [2.75, 3.05) is 0 Å². The van der Waals surface area contributed by atoms with E-state index >= 15 is 0 Å². The fraction of sp³-hybridized carbons (Fsp3) is 0.846. The van der Waals surface area contributed by atoms with Crippen LogP contribution in [0.4, 0.5) is 0 Å². The van der Waals surface area contributed by atoms with E-state index in [1.807, 2.05) is 0 Å². The summed E-state index contributed by atoms with van der Waals surface area (Å²) in [4.78, 5) is 0. The van der Waals surface area contributed by atoms with Gasteiger partial charge in [-0.2, -0.15) is 0 Å². The monoisotopic (exact) mass is 194 g/mol. The highest BCUT2D eigenvalue weighted by Crippen LogP contribution is 2.51. The van der Waals surface area contributed by atoms with Crippen molar-refractivity contribution in [1.82, 2.24) is 0 Å². The number of aliphatic hydroxyl groups is 1. The van der Waals surface area contributed by atoms with Crippen LogP contribution < -0.4 is 0 Å². The minimum absolute atomic E-state index is 0.0655. The van der Waals surface area contributed by atoms with E-state index in [4.69, 9.17) is 0 Å². The Labute approximate surface area is 87.2 Å². The van der Waals surface area contributed by atoms with E-state index in [2.05, 4.69) is 20.8 Å². The third kappa shape index (κ3) is 1.42. The zero-order chi connectivity index (χ0) is 10.3. The molecule has 80 valence electrons. The van der Waals surface area contributed by atoms with E-state index in [1.54, 1.807) is 5.57 Å². The molecule has 1 saturated carbocycles. The highest BCUT2D eigenvalue weighted by atomic mass is 16.3. The lowest BCUT2D eigenvalue weighted by molar-refractivity contribution is -0.0467. The van der Waals surface area contributed by atoms with Gasteiger partial charge in [0.05, 0.1) is 6.10 Å². The molecule has 0 bridgehead atoms. The zero-order valence-corrected chi connectivity index (χ0v) is 9.64. The van der Waals surface area contributed by atoms with Gasteiger partial charge in [-0.15, -0.1) is 0 Å². The van der Waals surface area contributed by atoms with Crippen LogP contribution in [0.2, 0.25) is 0 Å². The molecule has 0 saturated heterocycles. The Morgan fingerprint density at radius 2 is 1.93 bits per heavy atom. The molecule has 1 heteroatoms. The lowest BCUT2D eigenvalue weighted by atomic mass is 9.58. The SMILES string of the molecule is CC1=C(C)C[C@@]2(C)[C@H](CCC[C@H]2O)C1. The summed E-state index contributed by atoms with van der Waals surface area (Å²) < 4.78 is 0. The molecule has 0 radical (unpaired) electrons. The van der Waals surface area contributed by atoms with Crippen LogP contribution in [0.3, 0.4) is 0 Å². The molecule has 0 aromatic carbocycles. The average Bonchev–Trinajstić information content (AvgIpc) is 2.11. The van der Waals surface area contributed by atoms with Gasteiger partial charge in [-0.1, -0.05) is 24.5 Å². The normalized spacial score (nSPS) is 43.7. The number of hydrogen-bond donors (Lipinski definition) is 1. The first kappa shape index (κ1) is 10.2. The number of aliphatic hydroxyl groups excluding tert-OH is 1. The van der Waals surface area contributed by atoms with Gasteiger partial charge >= 0.3 is 0 Å². The van der Waals surface area contributed by atoms with Crippen molar-refractivity contribution < 1.29 is 5.11 Å². The molecule has 0 aromatic rings. The summed E-state index contributed by atoms with van der Waals surface area (Å²) >= 11 is 0. The van der Waals surface area contributed by atoms with Crippen molar-refractivity contribution >= 4 is 0 Å². The first-order valence-corrected chi connectivity index (χ1v) is 5.87. The fourth-order valence-corrected chi connectivity index (χ4v) is 3.35. The van der Waals surface area contributed by atoms with E-state index in [0.29, 0.717) is 0 Å². The van der Waals surface area contributed by atoms with E-state index < -0.39 is 0 Å². The fourth-order valence-electron chi connectivity index (χ4n) is 3.35. The molecule has 2 aliphatic carbocycles. The minimum atomic E-state index is -0.0655. The van der Waals surface area contributed by atoms with Crippen LogP contribution in [-0.4, -0.2) is 11.2 Å². The maximum absolute atomic E-state index is 10.1. The highest BCUT2D eigenvalue weighted by Gasteiger charge is 2.45. The van der Waals surface area contributed by atoms with Gasteiger partial charge in [-0.25, -0.2) is 0 Å². The molecule has 2 aliphatic rings. The molecule has 14 heavy (non-hydrogen) atoms. The van der Waals surface area contributed by atoms with E-state index in [9.17, 15) is 5.11 Å². The van der Waals surface area contributed by atoms with Gasteiger partial charge in [-0.3, -0.25) is 0 Å². The average molecular weight is 194 g/mol. The van der Waals surface area contributed by atoms with Gasteiger partial charge in [-0.05, 0) is 45.4 Å². The Kier molecular flexibility index (Phi) is 2.46. The molecule has 2 rings (SSSR count). The summed E-state index contributed by atoms with van der Waals surface area (Å²) in [5.74, 6) is 0.731. The van der Waals surface area contributed by atoms with Gasteiger partial charge in [0.25, 0.3) is 0 Å². The van der Waals surface area contributed by atoms with Gasteiger partial charge < -0.3 is 5.11 Å². The minimum Gasteiger partial charge on any atom is -0.393 e. The van der Waals surface area contributed by atoms with Crippen LogP contribution in [0.5, 0.6) is 0 Å². The topological polar surface area (TPSA) is 20.2 Å². The van der Waals surface area contributed by atoms with Crippen LogP contribution in [0.25, 0.3) is 0 Å². The van der Waals surface area contributed by atoms with Crippen molar-refractivity contribution in [1.29, 1.82) is 0 Å². The second-order valence-electron chi connectivity index (χ2n) is 5.59. The standard InChI is InChI=1S/C13H22O/c1-9-7-11-5-4-6-12(14)13(11,3)8-10(9)2/h11-12,14H,4-8H2,1-3H3/t11-,12-,13+/m1/s1. The molecule has 0 spiro atoms. The van der Waals surface area contributed by atoms with Crippen LogP contribution in [0.15, 0.2) is 11.1 Å². The molecular formula is C13H22O. The molecular weight excluding hydrogens is 172 g/mol. The predicted molar refractivity (Wildman–Crippen MR) is 59.1 cm³/mol. The molecule has 0 aliphatic heterocycles. The molecule has 3 atom stereocenters. The van der Waals surface area contributed by atoms with Crippen molar-refractivity contribution in [3.63, 3.8) is 0 Å². The lowest BCUT2D eigenvalue weighted by Crippen LogP contribution is -2.44. The van der Waals surface area contributed by atoms with Gasteiger partial charge in [0.15, 0.2) is 0 Å². The Morgan fingerprint density at radius 1 is 1.21 bits per heavy atom. The molecule has 1 fully saturated rings. The Morgan fingerprint density at radius 3 is 2.64 bits per heavy atom. The quantitative estimate of drug-likeness (QED) is 0.587. The van der Waals surface area contributed by atoms with Gasteiger partial charge in [0.1, 0.15) is 0 Å². The third-order valence-electron chi connectivity index (χ3n) is 4.65. The number of fused-ring (bicyclic) bond motifs is 1. The van der Waals surface area contributed by atoms with Gasteiger partial charge in [0, 0.05) is 5.41 Å². The maximum atomic E-state index is 10.1. The summed E-state index contributed by atoms with van der Waals surface area (Å²) in [7, 11) is 0. The number of hydrogen-bond acceptors (Lipinski definition) is 1. The maximum Gasteiger partial charge on any atom is 0.0599 e. The highest BCUT2D eigenvalue weighted by molar-refractivity contribution is 5.19. The summed E-state index contributed by atoms with van der Waals surface area (Å²) in [6.07, 6.45) is 5.82. The number of allylic oxidation sites excluding steroid dienone is 2. The predicted octanol–water partition coefficient (Wildman–Crippen LogP) is 3.28. The Balaban J connectivity index is 2.28. The van der Waals surface area contributed by atoms with Crippen molar-refractivity contribution in [3.05, 3.63) is 11.1 Å². The van der Waals surface area contributed by atoms with Crippen molar-refractivity contribution in [2.24, 2.45) is 11.3 Å². The largest absolute Gasteiger partial charge is 0.393 e. The molecule has 1 nitrogen and oxygen atoms in total. The summed E-state index contributed by atoms with van der Waals surface area (Å²) in [6, 6.07) is 0. The zero-order valence-electron chi connectivity index (χ0n) is 9.64. The van der Waals surface area contributed by atoms with Gasteiger partial charge in [0.2, 0.25) is 0 Å². The molecule has 0 amide bonds. The van der Waals surface area contributed by atoms with Crippen LogP contribution in [0.1, 0.15) is 52.9 Å². The number of rotatable bonds is 0. The van der Waals surface area contributed by atoms with E-state index in [-0.39, 0.29) is 11.5 Å². The van der Waals surface area contributed by atoms with Crippen LogP contribution >= 0.6 is 0 Å². The summed E-state index contributed by atoms with van der Waals surface area (Å²) in [5, 5.41) is 10.1. The Bertz CT molecular complexity index is 266. The second-order valence-corrected chi connectivity index (χ2v) is 5.59. The van der Waals surface area contributed by atoms with Crippen LogP contribution in [0, 0.1) is 11.3 Å².